The summed E-state index contributed by atoms with van der Waals surface area (Å²) in [6.07, 6.45) is 9.68. The third-order valence-corrected chi connectivity index (χ3v) is 1.99. The first-order valence-corrected chi connectivity index (χ1v) is 3.72. The molecular weight excluding hydrogens is 124 g/mol. The lowest BCUT2D eigenvalue weighted by Crippen LogP contribution is -2.17. The summed E-state index contributed by atoms with van der Waals surface area (Å²) >= 11 is 0. The SMILES string of the molecule is C1=CC2CC=NN=C2CC1. The van der Waals surface area contributed by atoms with E-state index in [9.17, 15) is 0 Å². The number of fused-ring (bicyclic) bond motifs is 1. The van der Waals surface area contributed by atoms with Crippen molar-refractivity contribution in [3.63, 3.8) is 0 Å². The van der Waals surface area contributed by atoms with Crippen LogP contribution >= 0.6 is 0 Å². The van der Waals surface area contributed by atoms with Crippen molar-refractivity contribution in [3.8, 4) is 0 Å². The van der Waals surface area contributed by atoms with Crippen LogP contribution in [0.4, 0.5) is 0 Å². The molecule has 10 heavy (non-hydrogen) atoms. The van der Waals surface area contributed by atoms with E-state index < -0.39 is 0 Å². The molecule has 1 aliphatic carbocycles. The molecule has 0 N–H and O–H groups in total. The van der Waals surface area contributed by atoms with Gasteiger partial charge in [0.1, 0.15) is 0 Å². The Morgan fingerprint density at radius 2 is 2.50 bits per heavy atom. The number of hydrogen-bond acceptors (Lipinski definition) is 2. The van der Waals surface area contributed by atoms with Crippen LogP contribution in [0.3, 0.4) is 0 Å². The van der Waals surface area contributed by atoms with E-state index in [1.165, 1.54) is 5.71 Å². The molecule has 1 heterocycles. The predicted octanol–water partition coefficient (Wildman–Crippen LogP) is 1.78. The molecule has 0 spiro atoms. The first-order chi connectivity index (χ1) is 4.97. The zero-order chi connectivity index (χ0) is 6.81. The maximum absolute atomic E-state index is 4.09. The average Bonchev–Trinajstić information content (AvgIpc) is 2.05. The van der Waals surface area contributed by atoms with Crippen molar-refractivity contribution < 1.29 is 0 Å². The molecule has 0 saturated heterocycles. The lowest BCUT2D eigenvalue weighted by Gasteiger charge is -2.18. The minimum absolute atomic E-state index is 0.575. The van der Waals surface area contributed by atoms with Crippen LogP contribution in [0.15, 0.2) is 22.4 Å². The summed E-state index contributed by atoms with van der Waals surface area (Å²) in [7, 11) is 0. The zero-order valence-electron chi connectivity index (χ0n) is 5.83. The lowest BCUT2D eigenvalue weighted by molar-refractivity contribution is 0.811. The molecule has 0 fully saturated rings. The minimum atomic E-state index is 0.575. The Kier molecular flexibility index (Phi) is 1.38. The summed E-state index contributed by atoms with van der Waals surface area (Å²) in [5.41, 5.74) is 1.27. The summed E-state index contributed by atoms with van der Waals surface area (Å²) in [6, 6.07) is 0. The van der Waals surface area contributed by atoms with Crippen molar-refractivity contribution in [1.29, 1.82) is 0 Å². The Morgan fingerprint density at radius 3 is 3.40 bits per heavy atom. The number of hydrogen-bond donors (Lipinski definition) is 0. The van der Waals surface area contributed by atoms with Crippen LogP contribution in [0.1, 0.15) is 19.3 Å². The molecule has 0 aromatic carbocycles. The fourth-order valence-electron chi connectivity index (χ4n) is 1.40. The third-order valence-electron chi connectivity index (χ3n) is 1.99. The van der Waals surface area contributed by atoms with E-state index in [4.69, 9.17) is 0 Å². The summed E-state index contributed by atoms with van der Waals surface area (Å²) in [5, 5.41) is 7.98. The number of nitrogens with zero attached hydrogens (tertiary/aromatic N) is 2. The molecule has 1 unspecified atom stereocenters. The van der Waals surface area contributed by atoms with Crippen molar-refractivity contribution in [3.05, 3.63) is 12.2 Å². The topological polar surface area (TPSA) is 24.7 Å². The molecule has 1 aliphatic heterocycles. The van der Waals surface area contributed by atoms with E-state index in [2.05, 4.69) is 22.4 Å². The molecule has 2 heteroatoms. The van der Waals surface area contributed by atoms with Gasteiger partial charge in [-0.1, -0.05) is 12.2 Å². The van der Waals surface area contributed by atoms with Gasteiger partial charge in [0, 0.05) is 17.8 Å². The molecule has 0 amide bonds. The van der Waals surface area contributed by atoms with Gasteiger partial charge in [-0.25, -0.2) is 0 Å². The summed E-state index contributed by atoms with van der Waals surface area (Å²) in [5.74, 6) is 0.575. The molecule has 1 atom stereocenters. The highest BCUT2D eigenvalue weighted by Gasteiger charge is 2.16. The lowest BCUT2D eigenvalue weighted by atomic mass is 9.91. The molecule has 0 saturated carbocycles. The van der Waals surface area contributed by atoms with Gasteiger partial charge in [0.15, 0.2) is 0 Å². The standard InChI is InChI=1S/C8H10N2/c1-2-4-8-7(3-1)5-6-9-10-8/h1,3,6-7H,2,4-5H2. The predicted molar refractivity (Wildman–Crippen MR) is 42.4 cm³/mol. The molecular formula is C8H10N2. The fraction of sp³-hybridized carbons (Fsp3) is 0.500. The van der Waals surface area contributed by atoms with E-state index >= 15 is 0 Å². The molecule has 2 nitrogen and oxygen atoms in total. The third kappa shape index (κ3) is 0.897. The van der Waals surface area contributed by atoms with Gasteiger partial charge < -0.3 is 0 Å². The van der Waals surface area contributed by atoms with Crippen LogP contribution in [0, 0.1) is 5.92 Å². The van der Waals surface area contributed by atoms with E-state index in [1.54, 1.807) is 0 Å². The Labute approximate surface area is 60.4 Å². The van der Waals surface area contributed by atoms with E-state index in [1.807, 2.05) is 6.21 Å². The fourth-order valence-corrected chi connectivity index (χ4v) is 1.40. The van der Waals surface area contributed by atoms with Crippen molar-refractivity contribution in [2.45, 2.75) is 19.3 Å². The van der Waals surface area contributed by atoms with Crippen LogP contribution in [0.5, 0.6) is 0 Å². The molecule has 0 aromatic heterocycles. The van der Waals surface area contributed by atoms with E-state index in [0.29, 0.717) is 5.92 Å². The van der Waals surface area contributed by atoms with Crippen LogP contribution in [-0.4, -0.2) is 11.9 Å². The van der Waals surface area contributed by atoms with Crippen molar-refractivity contribution >= 4 is 11.9 Å². The van der Waals surface area contributed by atoms with Gasteiger partial charge in [0.25, 0.3) is 0 Å². The minimum Gasteiger partial charge on any atom is -0.164 e. The van der Waals surface area contributed by atoms with Gasteiger partial charge in [-0.3, -0.25) is 0 Å². The second kappa shape index (κ2) is 2.37. The zero-order valence-corrected chi connectivity index (χ0v) is 5.83. The van der Waals surface area contributed by atoms with Crippen molar-refractivity contribution in [1.82, 2.24) is 0 Å². The highest BCUT2D eigenvalue weighted by molar-refractivity contribution is 5.92. The molecule has 2 rings (SSSR count). The van der Waals surface area contributed by atoms with Crippen molar-refractivity contribution in [2.75, 3.05) is 0 Å². The molecule has 2 aliphatic rings. The van der Waals surface area contributed by atoms with E-state index in [0.717, 1.165) is 19.3 Å². The normalized spacial score (nSPS) is 29.6. The summed E-state index contributed by atoms with van der Waals surface area (Å²) < 4.78 is 0. The Morgan fingerprint density at radius 1 is 1.50 bits per heavy atom. The monoisotopic (exact) mass is 134 g/mol. The van der Waals surface area contributed by atoms with Gasteiger partial charge >= 0.3 is 0 Å². The van der Waals surface area contributed by atoms with Crippen LogP contribution in [-0.2, 0) is 0 Å². The van der Waals surface area contributed by atoms with Gasteiger partial charge in [-0.05, 0) is 19.3 Å². The van der Waals surface area contributed by atoms with Crippen LogP contribution in [0.2, 0.25) is 0 Å². The largest absolute Gasteiger partial charge is 0.164 e. The highest BCUT2D eigenvalue weighted by Crippen LogP contribution is 2.19. The number of allylic oxidation sites excluding steroid dienone is 2. The quantitative estimate of drug-likeness (QED) is 0.451. The van der Waals surface area contributed by atoms with Gasteiger partial charge in [0.2, 0.25) is 0 Å². The Hall–Kier alpha value is -0.920. The second-order valence-corrected chi connectivity index (χ2v) is 2.70. The highest BCUT2D eigenvalue weighted by atomic mass is 15.2. The van der Waals surface area contributed by atoms with Gasteiger partial charge in [0.05, 0.1) is 0 Å². The van der Waals surface area contributed by atoms with Crippen LogP contribution in [0.25, 0.3) is 0 Å². The first-order valence-electron chi connectivity index (χ1n) is 3.72. The average molecular weight is 134 g/mol. The molecule has 52 valence electrons. The first kappa shape index (κ1) is 5.83. The number of rotatable bonds is 0. The maximum Gasteiger partial charge on any atom is 0.0480 e. The maximum atomic E-state index is 4.09. The molecule has 0 aromatic rings. The Balaban J connectivity index is 2.26. The summed E-state index contributed by atoms with van der Waals surface area (Å²) in [4.78, 5) is 0. The van der Waals surface area contributed by atoms with Gasteiger partial charge in [-0.2, -0.15) is 10.2 Å². The smallest absolute Gasteiger partial charge is 0.0480 e. The van der Waals surface area contributed by atoms with Gasteiger partial charge in [-0.15, -0.1) is 0 Å². The Bertz CT molecular complexity index is 213. The molecule has 0 bridgehead atoms. The van der Waals surface area contributed by atoms with Crippen LogP contribution < -0.4 is 0 Å². The second-order valence-electron chi connectivity index (χ2n) is 2.70. The van der Waals surface area contributed by atoms with E-state index in [-0.39, 0.29) is 0 Å². The summed E-state index contributed by atoms with van der Waals surface area (Å²) in [6.45, 7) is 0. The molecule has 0 radical (unpaired) electrons. The van der Waals surface area contributed by atoms with Crippen molar-refractivity contribution in [2.24, 2.45) is 16.1 Å².